The summed E-state index contributed by atoms with van der Waals surface area (Å²) in [5.41, 5.74) is 1.59. The molecule has 0 fully saturated rings. The molecule has 0 aliphatic heterocycles. The first-order chi connectivity index (χ1) is 11.2. The number of aliphatic hydroxyl groups excluding tert-OH is 1. The molecule has 0 aromatic heterocycles. The van der Waals surface area contributed by atoms with Crippen LogP contribution < -0.4 is 5.32 Å². The predicted octanol–water partition coefficient (Wildman–Crippen LogP) is 2.89. The molecule has 23 heavy (non-hydrogen) atoms. The maximum Gasteiger partial charge on any atom is 0.230 e. The molecule has 0 aliphatic carbocycles. The minimum Gasteiger partial charge on any atom is -0.396 e. The van der Waals surface area contributed by atoms with Gasteiger partial charge in [-0.05, 0) is 36.2 Å². The Labute approximate surface area is 140 Å². The number of nitrogens with one attached hydrogen (secondary N) is 1. The zero-order chi connectivity index (χ0) is 16.5. The van der Waals surface area contributed by atoms with Gasteiger partial charge >= 0.3 is 0 Å². The number of hydrogen-bond donors (Lipinski definition) is 2. The van der Waals surface area contributed by atoms with Gasteiger partial charge in [0.1, 0.15) is 0 Å². The molecule has 0 saturated carbocycles. The van der Waals surface area contributed by atoms with Crippen molar-refractivity contribution in [2.24, 2.45) is 0 Å². The van der Waals surface area contributed by atoms with Crippen LogP contribution in [0.25, 0.3) is 0 Å². The smallest absolute Gasteiger partial charge is 0.230 e. The van der Waals surface area contributed by atoms with Crippen molar-refractivity contribution in [2.45, 2.75) is 17.4 Å². The first-order valence-electron chi connectivity index (χ1n) is 7.31. The molecule has 1 unspecified atom stereocenters. The second-order valence-electron chi connectivity index (χ2n) is 4.97. The fraction of sp³-hybridized carbons (Fsp3) is 0.222. The van der Waals surface area contributed by atoms with Crippen molar-refractivity contribution in [1.82, 2.24) is 5.32 Å². The molecule has 2 rings (SSSR count). The van der Waals surface area contributed by atoms with Crippen LogP contribution in [0.5, 0.6) is 0 Å². The number of carbonyl (C=O) groups is 1. The summed E-state index contributed by atoms with van der Waals surface area (Å²) in [5, 5.41) is 20.9. The third-order valence-electron chi connectivity index (χ3n) is 3.31. The zero-order valence-corrected chi connectivity index (χ0v) is 13.4. The Morgan fingerprint density at radius 3 is 2.48 bits per heavy atom. The molecule has 4 nitrogen and oxygen atoms in total. The summed E-state index contributed by atoms with van der Waals surface area (Å²) in [5.74, 6) is 0.211. The SMILES string of the molecule is N#Cc1ccc(SCC(=O)NC(CCO)c2ccccc2)cc1. The van der Waals surface area contributed by atoms with Crippen LogP contribution in [0.4, 0.5) is 0 Å². The van der Waals surface area contributed by atoms with Gasteiger partial charge in [-0.25, -0.2) is 0 Å². The van der Waals surface area contributed by atoms with Gasteiger partial charge in [0.15, 0.2) is 0 Å². The van der Waals surface area contributed by atoms with E-state index in [1.54, 1.807) is 12.1 Å². The van der Waals surface area contributed by atoms with Crippen LogP contribution in [0.1, 0.15) is 23.6 Å². The van der Waals surface area contributed by atoms with Crippen LogP contribution in [0.2, 0.25) is 0 Å². The lowest BCUT2D eigenvalue weighted by Crippen LogP contribution is -2.30. The van der Waals surface area contributed by atoms with E-state index in [9.17, 15) is 9.90 Å². The summed E-state index contributed by atoms with van der Waals surface area (Å²) in [6.45, 7) is 0.0165. The molecule has 0 bridgehead atoms. The number of hydrogen-bond acceptors (Lipinski definition) is 4. The molecule has 5 heteroatoms. The Hall–Kier alpha value is -2.29. The molecular formula is C18H18N2O2S. The van der Waals surface area contributed by atoms with Crippen LogP contribution in [0.15, 0.2) is 59.5 Å². The number of rotatable bonds is 7. The number of nitrogens with zero attached hydrogens (tertiary/aromatic N) is 1. The van der Waals surface area contributed by atoms with E-state index >= 15 is 0 Å². The van der Waals surface area contributed by atoms with Crippen molar-refractivity contribution in [2.75, 3.05) is 12.4 Å². The summed E-state index contributed by atoms with van der Waals surface area (Å²) in [6.07, 6.45) is 0.483. The molecule has 118 valence electrons. The number of amides is 1. The van der Waals surface area contributed by atoms with Gasteiger partial charge in [-0.15, -0.1) is 11.8 Å². The topological polar surface area (TPSA) is 73.1 Å². The van der Waals surface area contributed by atoms with Crippen LogP contribution in [-0.2, 0) is 4.79 Å². The molecule has 2 aromatic carbocycles. The third-order valence-corrected chi connectivity index (χ3v) is 4.32. The summed E-state index contributed by atoms with van der Waals surface area (Å²) >= 11 is 1.42. The van der Waals surface area contributed by atoms with Gasteiger partial charge in [-0.3, -0.25) is 4.79 Å². The fourth-order valence-electron chi connectivity index (χ4n) is 2.15. The van der Waals surface area contributed by atoms with Crippen LogP contribution >= 0.6 is 11.8 Å². The summed E-state index contributed by atoms with van der Waals surface area (Å²) in [6, 6.07) is 18.6. The van der Waals surface area contributed by atoms with Gasteiger partial charge in [0, 0.05) is 11.5 Å². The van der Waals surface area contributed by atoms with Crippen molar-refractivity contribution in [3.05, 3.63) is 65.7 Å². The molecule has 0 spiro atoms. The highest BCUT2D eigenvalue weighted by atomic mass is 32.2. The number of carbonyl (C=O) groups excluding carboxylic acids is 1. The average molecular weight is 326 g/mol. The van der Waals surface area contributed by atoms with E-state index < -0.39 is 0 Å². The largest absolute Gasteiger partial charge is 0.396 e. The first kappa shape index (κ1) is 17.1. The van der Waals surface area contributed by atoms with Crippen LogP contribution in [-0.4, -0.2) is 23.4 Å². The quantitative estimate of drug-likeness (QED) is 0.767. The minimum absolute atomic E-state index is 0.0165. The Bertz CT molecular complexity index is 666. The van der Waals surface area contributed by atoms with E-state index in [2.05, 4.69) is 11.4 Å². The van der Waals surface area contributed by atoms with E-state index in [1.165, 1.54) is 11.8 Å². The van der Waals surface area contributed by atoms with Crippen molar-refractivity contribution >= 4 is 17.7 Å². The standard InChI is InChI=1S/C18H18N2O2S/c19-12-14-6-8-16(9-7-14)23-13-18(22)20-17(10-11-21)15-4-2-1-3-5-15/h1-9,17,21H,10-11,13H2,(H,20,22). The number of thioether (sulfide) groups is 1. The van der Waals surface area contributed by atoms with Gasteiger partial charge in [0.25, 0.3) is 0 Å². The molecular weight excluding hydrogens is 308 g/mol. The predicted molar refractivity (Wildman–Crippen MR) is 90.9 cm³/mol. The molecule has 0 heterocycles. The Balaban J connectivity index is 1.90. The van der Waals surface area contributed by atoms with Crippen LogP contribution in [0, 0.1) is 11.3 Å². The lowest BCUT2D eigenvalue weighted by atomic mass is 10.0. The maximum absolute atomic E-state index is 12.1. The van der Waals surface area contributed by atoms with E-state index in [4.69, 9.17) is 5.26 Å². The molecule has 1 atom stereocenters. The highest BCUT2D eigenvalue weighted by molar-refractivity contribution is 8.00. The molecule has 2 aromatic rings. The average Bonchev–Trinajstić information content (AvgIpc) is 2.61. The summed E-state index contributed by atoms with van der Waals surface area (Å²) in [7, 11) is 0. The number of aliphatic hydroxyl groups is 1. The molecule has 0 saturated heterocycles. The van der Waals surface area contributed by atoms with E-state index in [0.29, 0.717) is 17.7 Å². The highest BCUT2D eigenvalue weighted by Crippen LogP contribution is 2.20. The second-order valence-corrected chi connectivity index (χ2v) is 6.02. The van der Waals surface area contributed by atoms with Crippen LogP contribution in [0.3, 0.4) is 0 Å². The monoisotopic (exact) mass is 326 g/mol. The third kappa shape index (κ3) is 5.44. The van der Waals surface area contributed by atoms with Gasteiger partial charge in [-0.2, -0.15) is 5.26 Å². The normalized spacial score (nSPS) is 11.5. The minimum atomic E-state index is -0.185. The molecule has 0 aliphatic rings. The molecule has 1 amide bonds. The van der Waals surface area contributed by atoms with Crippen molar-refractivity contribution < 1.29 is 9.90 Å². The van der Waals surface area contributed by atoms with Crippen molar-refractivity contribution in [3.8, 4) is 6.07 Å². The lowest BCUT2D eigenvalue weighted by molar-refractivity contribution is -0.119. The molecule has 0 radical (unpaired) electrons. The van der Waals surface area contributed by atoms with E-state index in [-0.39, 0.29) is 18.6 Å². The summed E-state index contributed by atoms with van der Waals surface area (Å²) < 4.78 is 0. The zero-order valence-electron chi connectivity index (χ0n) is 12.6. The first-order valence-corrected chi connectivity index (χ1v) is 8.29. The fourth-order valence-corrected chi connectivity index (χ4v) is 2.86. The van der Waals surface area contributed by atoms with Crippen molar-refractivity contribution in [1.29, 1.82) is 5.26 Å². The number of nitriles is 1. The van der Waals surface area contributed by atoms with Gasteiger partial charge < -0.3 is 10.4 Å². The van der Waals surface area contributed by atoms with Crippen molar-refractivity contribution in [3.63, 3.8) is 0 Å². The van der Waals surface area contributed by atoms with Gasteiger partial charge in [-0.1, -0.05) is 30.3 Å². The lowest BCUT2D eigenvalue weighted by Gasteiger charge is -2.18. The van der Waals surface area contributed by atoms with E-state index in [1.807, 2.05) is 42.5 Å². The van der Waals surface area contributed by atoms with E-state index in [0.717, 1.165) is 10.5 Å². The van der Waals surface area contributed by atoms with Gasteiger partial charge in [0.05, 0.1) is 23.4 Å². The Morgan fingerprint density at radius 1 is 1.17 bits per heavy atom. The summed E-state index contributed by atoms with van der Waals surface area (Å²) in [4.78, 5) is 13.1. The Morgan fingerprint density at radius 2 is 1.87 bits per heavy atom. The van der Waals surface area contributed by atoms with Gasteiger partial charge in [0.2, 0.25) is 5.91 Å². The highest BCUT2D eigenvalue weighted by Gasteiger charge is 2.14. The Kier molecular flexibility index (Phi) is 6.67. The number of benzene rings is 2. The second kappa shape index (κ2) is 8.99. The maximum atomic E-state index is 12.1. The molecule has 2 N–H and O–H groups in total.